The molecular weight excluding hydrogens is 516 g/mol. The van der Waals surface area contributed by atoms with Gasteiger partial charge in [0.2, 0.25) is 5.89 Å². The normalized spacial score (nSPS) is 14.4. The fourth-order valence-corrected chi connectivity index (χ4v) is 5.38. The second kappa shape index (κ2) is 13.3. The molecule has 212 valence electrons. The molecular formula is C34H36N2O5. The quantitative estimate of drug-likeness (QED) is 0.180. The number of Topliss-reactive ketones (excluding diaryl/α,β-unsaturated/α-hetero) is 1. The number of rotatable bonds is 12. The number of nitrogens with zero attached hydrogens (tertiary/aromatic N) is 1. The van der Waals surface area contributed by atoms with Crippen LogP contribution in [0.25, 0.3) is 11.5 Å². The predicted molar refractivity (Wildman–Crippen MR) is 158 cm³/mol. The largest absolute Gasteiger partial charge is 0.493 e. The van der Waals surface area contributed by atoms with Gasteiger partial charge >= 0.3 is 5.97 Å². The molecule has 0 bridgehead atoms. The first-order valence-electron chi connectivity index (χ1n) is 14.3. The molecule has 3 aromatic carbocycles. The lowest BCUT2D eigenvalue weighted by atomic mass is 9.83. The molecule has 0 aliphatic heterocycles. The van der Waals surface area contributed by atoms with E-state index in [1.54, 1.807) is 12.1 Å². The summed E-state index contributed by atoms with van der Waals surface area (Å²) in [5, 5.41) is 13.1. The van der Waals surface area contributed by atoms with Crippen molar-refractivity contribution in [2.75, 3.05) is 11.9 Å². The zero-order chi connectivity index (χ0) is 28.6. The summed E-state index contributed by atoms with van der Waals surface area (Å²) in [6.07, 6.45) is 5.98. The van der Waals surface area contributed by atoms with E-state index in [1.165, 1.54) is 6.42 Å². The van der Waals surface area contributed by atoms with Gasteiger partial charge in [0, 0.05) is 35.6 Å². The van der Waals surface area contributed by atoms with Crippen LogP contribution in [0.3, 0.4) is 0 Å². The number of carbonyl (C=O) groups excluding carboxylic acids is 1. The van der Waals surface area contributed by atoms with Crippen molar-refractivity contribution in [3.63, 3.8) is 0 Å². The van der Waals surface area contributed by atoms with Crippen molar-refractivity contribution in [1.82, 2.24) is 4.98 Å². The minimum Gasteiger partial charge on any atom is -0.493 e. The number of hydrogen-bond acceptors (Lipinski definition) is 6. The number of aliphatic carboxylic acids is 1. The van der Waals surface area contributed by atoms with E-state index >= 15 is 0 Å². The Morgan fingerprint density at radius 3 is 2.41 bits per heavy atom. The van der Waals surface area contributed by atoms with E-state index in [4.69, 9.17) is 9.15 Å². The lowest BCUT2D eigenvalue weighted by Gasteiger charge is -2.23. The van der Waals surface area contributed by atoms with Gasteiger partial charge in [-0.15, -0.1) is 0 Å². The number of para-hydroxylation sites is 1. The smallest absolute Gasteiger partial charge is 0.326 e. The molecule has 41 heavy (non-hydrogen) atoms. The minimum absolute atomic E-state index is 0.0154. The molecule has 1 heterocycles. The predicted octanol–water partition coefficient (Wildman–Crippen LogP) is 7.14. The number of carbonyl (C=O) groups is 2. The van der Waals surface area contributed by atoms with E-state index in [-0.39, 0.29) is 18.1 Å². The average molecular weight is 553 g/mol. The van der Waals surface area contributed by atoms with Crippen molar-refractivity contribution in [3.8, 4) is 17.2 Å². The number of ether oxygens (including phenoxy) is 1. The highest BCUT2D eigenvalue weighted by Gasteiger charge is 2.26. The van der Waals surface area contributed by atoms with Crippen molar-refractivity contribution in [3.05, 3.63) is 101 Å². The maximum atomic E-state index is 13.2. The third-order valence-corrected chi connectivity index (χ3v) is 7.68. The number of aryl methyl sites for hydroxylation is 1. The standard InChI is InChI=1S/C34H36N2O5/c1-23-29(36-33(41-23)26-12-6-3-7-13-26)20-21-40-27-18-16-24(17-19-27)22-31(34(38)39)35-30-15-9-8-14-28(30)32(37)25-10-4-2-5-11-25/h3,6-9,12-19,25,31,35H,2,4-5,10-11,20-22H2,1H3,(H,38,39). The molecule has 4 aromatic rings. The van der Waals surface area contributed by atoms with Crippen LogP contribution in [-0.4, -0.2) is 34.5 Å². The fraction of sp³-hybridized carbons (Fsp3) is 0.324. The fourth-order valence-electron chi connectivity index (χ4n) is 5.38. The number of carboxylic acids is 1. The SMILES string of the molecule is Cc1oc(-c2ccccc2)nc1CCOc1ccc(CC(Nc2ccccc2C(=O)C2CCCCC2)C(=O)O)cc1. The van der Waals surface area contributed by atoms with Crippen molar-refractivity contribution in [2.24, 2.45) is 5.92 Å². The first kappa shape index (κ1) is 28.1. The van der Waals surface area contributed by atoms with Crippen molar-refractivity contribution in [2.45, 2.75) is 57.9 Å². The number of benzene rings is 3. The lowest BCUT2D eigenvalue weighted by molar-refractivity contribution is -0.137. The second-order valence-electron chi connectivity index (χ2n) is 10.6. The Hall–Kier alpha value is -4.39. The first-order valence-corrected chi connectivity index (χ1v) is 14.3. The maximum Gasteiger partial charge on any atom is 0.326 e. The lowest BCUT2D eigenvalue weighted by Crippen LogP contribution is -2.32. The summed E-state index contributed by atoms with van der Waals surface area (Å²) in [5.74, 6) is 1.23. The van der Waals surface area contributed by atoms with E-state index in [0.717, 1.165) is 48.3 Å². The third-order valence-electron chi connectivity index (χ3n) is 7.68. The molecule has 0 amide bonds. The summed E-state index contributed by atoms with van der Waals surface area (Å²) in [6, 6.07) is 23.6. The maximum absolute atomic E-state index is 13.2. The van der Waals surface area contributed by atoms with Crippen LogP contribution in [-0.2, 0) is 17.6 Å². The second-order valence-corrected chi connectivity index (χ2v) is 10.6. The number of hydrogen-bond donors (Lipinski definition) is 2. The highest BCUT2D eigenvalue weighted by Crippen LogP contribution is 2.30. The van der Waals surface area contributed by atoms with E-state index in [1.807, 2.05) is 73.7 Å². The molecule has 0 radical (unpaired) electrons. The molecule has 1 unspecified atom stereocenters. The molecule has 2 N–H and O–H groups in total. The summed E-state index contributed by atoms with van der Waals surface area (Å²) < 4.78 is 11.8. The van der Waals surface area contributed by atoms with Crippen molar-refractivity contribution in [1.29, 1.82) is 0 Å². The molecule has 1 fully saturated rings. The van der Waals surface area contributed by atoms with Gasteiger partial charge in [0.15, 0.2) is 5.78 Å². The Morgan fingerprint density at radius 2 is 1.68 bits per heavy atom. The monoisotopic (exact) mass is 552 g/mol. The van der Waals surface area contributed by atoms with Gasteiger partial charge in [0.1, 0.15) is 17.6 Å². The Morgan fingerprint density at radius 1 is 0.976 bits per heavy atom. The van der Waals surface area contributed by atoms with Crippen LogP contribution in [0.2, 0.25) is 0 Å². The molecule has 1 aliphatic carbocycles. The topological polar surface area (TPSA) is 102 Å². The summed E-state index contributed by atoms with van der Waals surface area (Å²) in [6.45, 7) is 2.34. The molecule has 1 saturated carbocycles. The van der Waals surface area contributed by atoms with Crippen LogP contribution in [0.5, 0.6) is 5.75 Å². The minimum atomic E-state index is -0.969. The van der Waals surface area contributed by atoms with E-state index in [0.29, 0.717) is 35.9 Å². The van der Waals surface area contributed by atoms with Crippen LogP contribution in [0.4, 0.5) is 5.69 Å². The molecule has 7 nitrogen and oxygen atoms in total. The van der Waals surface area contributed by atoms with Gasteiger partial charge in [0.25, 0.3) is 0 Å². The first-order chi connectivity index (χ1) is 20.0. The van der Waals surface area contributed by atoms with Crippen LogP contribution in [0.15, 0.2) is 83.3 Å². The summed E-state index contributed by atoms with van der Waals surface area (Å²) in [5.41, 5.74) is 3.81. The van der Waals surface area contributed by atoms with Gasteiger partial charge in [-0.2, -0.15) is 0 Å². The Balaban J connectivity index is 1.17. The van der Waals surface area contributed by atoms with E-state index in [2.05, 4.69) is 10.3 Å². The number of anilines is 1. The van der Waals surface area contributed by atoms with Crippen LogP contribution < -0.4 is 10.1 Å². The Labute approximate surface area is 240 Å². The van der Waals surface area contributed by atoms with Gasteiger partial charge in [-0.1, -0.05) is 61.7 Å². The van der Waals surface area contributed by atoms with Crippen LogP contribution >= 0.6 is 0 Å². The van der Waals surface area contributed by atoms with Crippen LogP contribution in [0, 0.1) is 12.8 Å². The molecule has 1 aromatic heterocycles. The number of nitrogens with one attached hydrogen (secondary N) is 1. The summed E-state index contributed by atoms with van der Waals surface area (Å²) in [4.78, 5) is 30.0. The molecule has 0 saturated heterocycles. The average Bonchev–Trinajstić information content (AvgIpc) is 3.38. The van der Waals surface area contributed by atoms with Crippen molar-refractivity contribution < 1.29 is 23.8 Å². The molecule has 1 aliphatic rings. The van der Waals surface area contributed by atoms with Gasteiger partial charge < -0.3 is 19.6 Å². The van der Waals surface area contributed by atoms with E-state index < -0.39 is 12.0 Å². The Kier molecular flexibility index (Phi) is 9.14. The third kappa shape index (κ3) is 7.23. The van der Waals surface area contributed by atoms with Gasteiger partial charge in [-0.3, -0.25) is 4.79 Å². The molecule has 1 atom stereocenters. The zero-order valence-corrected chi connectivity index (χ0v) is 23.3. The molecule has 0 spiro atoms. The molecule has 5 rings (SSSR count). The van der Waals surface area contributed by atoms with E-state index in [9.17, 15) is 14.7 Å². The highest BCUT2D eigenvalue weighted by atomic mass is 16.5. The van der Waals surface area contributed by atoms with Gasteiger partial charge in [-0.05, 0) is 61.7 Å². The number of ketones is 1. The number of oxazole rings is 1. The van der Waals surface area contributed by atoms with Crippen molar-refractivity contribution >= 4 is 17.4 Å². The summed E-state index contributed by atoms with van der Waals surface area (Å²) in [7, 11) is 0. The highest BCUT2D eigenvalue weighted by molar-refractivity contribution is 6.03. The zero-order valence-electron chi connectivity index (χ0n) is 23.3. The Bertz CT molecular complexity index is 1460. The molecule has 7 heteroatoms. The van der Waals surface area contributed by atoms with Gasteiger partial charge in [-0.25, -0.2) is 9.78 Å². The number of aromatic nitrogens is 1. The number of carboxylic acid groups (broad SMARTS) is 1. The van der Waals surface area contributed by atoms with Crippen LogP contribution in [0.1, 0.15) is 59.5 Å². The van der Waals surface area contributed by atoms with Gasteiger partial charge in [0.05, 0.1) is 12.3 Å². The summed E-state index contributed by atoms with van der Waals surface area (Å²) >= 11 is 0.